The summed E-state index contributed by atoms with van der Waals surface area (Å²) in [5.41, 5.74) is 3.45. The molecule has 2 heterocycles. The number of thiazole rings is 1. The van der Waals surface area contributed by atoms with Gasteiger partial charge in [0.25, 0.3) is 0 Å². The second-order valence-corrected chi connectivity index (χ2v) is 6.05. The summed E-state index contributed by atoms with van der Waals surface area (Å²) in [6.45, 7) is 5.09. The van der Waals surface area contributed by atoms with Crippen LogP contribution < -0.4 is 5.32 Å². The number of anilines is 1. The van der Waals surface area contributed by atoms with Crippen LogP contribution >= 0.6 is 11.3 Å². The van der Waals surface area contributed by atoms with Gasteiger partial charge in [-0.3, -0.25) is 0 Å². The summed E-state index contributed by atoms with van der Waals surface area (Å²) >= 11 is 1.66. The average Bonchev–Trinajstić information content (AvgIpc) is 3.17. The Morgan fingerprint density at radius 1 is 1.24 bits per heavy atom. The molecule has 0 saturated heterocycles. The van der Waals surface area contributed by atoms with Gasteiger partial charge in [0.2, 0.25) is 0 Å². The fourth-order valence-electron chi connectivity index (χ4n) is 2.22. The molecule has 0 radical (unpaired) electrons. The summed E-state index contributed by atoms with van der Waals surface area (Å²) in [5, 5.41) is 6.49. The van der Waals surface area contributed by atoms with E-state index in [0.29, 0.717) is 6.04 Å². The zero-order valence-electron chi connectivity index (χ0n) is 12.2. The first-order valence-electron chi connectivity index (χ1n) is 6.98. The smallest absolute Gasteiger partial charge is 0.123 e. The van der Waals surface area contributed by atoms with Crippen LogP contribution in [-0.2, 0) is 6.54 Å². The van der Waals surface area contributed by atoms with Crippen LogP contribution in [0.3, 0.4) is 0 Å². The van der Waals surface area contributed by atoms with Gasteiger partial charge in [-0.1, -0.05) is 0 Å². The zero-order valence-corrected chi connectivity index (χ0v) is 13.0. The maximum absolute atomic E-state index is 4.32. The van der Waals surface area contributed by atoms with E-state index in [9.17, 15) is 0 Å². The van der Waals surface area contributed by atoms with Crippen molar-refractivity contribution in [2.24, 2.45) is 0 Å². The molecule has 1 aromatic carbocycles. The van der Waals surface area contributed by atoms with Gasteiger partial charge in [0.05, 0.1) is 18.6 Å². The van der Waals surface area contributed by atoms with E-state index in [-0.39, 0.29) is 0 Å². The van der Waals surface area contributed by atoms with E-state index >= 15 is 0 Å². The molecule has 4 nitrogen and oxygen atoms in total. The highest BCUT2D eigenvalue weighted by Gasteiger charge is 2.05. The van der Waals surface area contributed by atoms with Gasteiger partial charge in [0.15, 0.2) is 0 Å². The Labute approximate surface area is 128 Å². The van der Waals surface area contributed by atoms with Crippen molar-refractivity contribution < 1.29 is 0 Å². The van der Waals surface area contributed by atoms with Gasteiger partial charge in [-0.2, -0.15) is 0 Å². The SMILES string of the molecule is CC(C)n1cncc1CNc1ccc(-c2nccs2)cc1. The first kappa shape index (κ1) is 13.8. The molecule has 0 bridgehead atoms. The third-order valence-electron chi connectivity index (χ3n) is 3.34. The minimum atomic E-state index is 0.427. The summed E-state index contributed by atoms with van der Waals surface area (Å²) in [6, 6.07) is 8.80. The Balaban J connectivity index is 1.67. The summed E-state index contributed by atoms with van der Waals surface area (Å²) in [7, 11) is 0. The van der Waals surface area contributed by atoms with E-state index in [1.165, 1.54) is 5.69 Å². The maximum Gasteiger partial charge on any atom is 0.123 e. The van der Waals surface area contributed by atoms with Crippen LogP contribution in [-0.4, -0.2) is 14.5 Å². The number of nitrogens with zero attached hydrogens (tertiary/aromatic N) is 3. The normalized spacial score (nSPS) is 11.0. The monoisotopic (exact) mass is 298 g/mol. The number of aromatic nitrogens is 3. The molecule has 0 unspecified atom stereocenters. The highest BCUT2D eigenvalue weighted by Crippen LogP contribution is 2.23. The molecular formula is C16H18N4S. The fraction of sp³-hybridized carbons (Fsp3) is 0.250. The molecule has 3 rings (SSSR count). The van der Waals surface area contributed by atoms with Gasteiger partial charge >= 0.3 is 0 Å². The van der Waals surface area contributed by atoms with Crippen LogP contribution in [0.1, 0.15) is 25.6 Å². The van der Waals surface area contributed by atoms with Crippen molar-refractivity contribution in [1.82, 2.24) is 14.5 Å². The molecule has 0 atom stereocenters. The van der Waals surface area contributed by atoms with Crippen LogP contribution in [0.2, 0.25) is 0 Å². The predicted molar refractivity (Wildman–Crippen MR) is 87.5 cm³/mol. The molecule has 0 fully saturated rings. The first-order valence-corrected chi connectivity index (χ1v) is 7.86. The van der Waals surface area contributed by atoms with E-state index in [0.717, 1.165) is 22.8 Å². The fourth-order valence-corrected chi connectivity index (χ4v) is 2.87. The highest BCUT2D eigenvalue weighted by molar-refractivity contribution is 7.13. The Bertz CT molecular complexity index is 683. The van der Waals surface area contributed by atoms with Gasteiger partial charge in [-0.15, -0.1) is 11.3 Å². The van der Waals surface area contributed by atoms with E-state index in [1.807, 2.05) is 24.1 Å². The number of hydrogen-bond acceptors (Lipinski definition) is 4. The topological polar surface area (TPSA) is 42.7 Å². The quantitative estimate of drug-likeness (QED) is 0.767. The molecule has 0 aliphatic heterocycles. The van der Waals surface area contributed by atoms with Crippen LogP contribution in [0, 0.1) is 0 Å². The lowest BCUT2D eigenvalue weighted by molar-refractivity contribution is 0.577. The lowest BCUT2D eigenvalue weighted by Crippen LogP contribution is -2.08. The predicted octanol–water partition coefficient (Wildman–Crippen LogP) is 4.20. The third kappa shape index (κ3) is 3.13. The molecule has 3 aromatic rings. The maximum atomic E-state index is 4.32. The van der Waals surface area contributed by atoms with Gasteiger partial charge in [0.1, 0.15) is 5.01 Å². The number of rotatable bonds is 5. The Kier molecular flexibility index (Phi) is 4.01. The molecular weight excluding hydrogens is 280 g/mol. The Hall–Kier alpha value is -2.14. The van der Waals surface area contributed by atoms with Crippen LogP contribution in [0.4, 0.5) is 5.69 Å². The van der Waals surface area contributed by atoms with E-state index in [4.69, 9.17) is 0 Å². The second-order valence-electron chi connectivity index (χ2n) is 5.15. The van der Waals surface area contributed by atoms with Crippen molar-refractivity contribution in [3.63, 3.8) is 0 Å². The van der Waals surface area contributed by atoms with Crippen molar-refractivity contribution in [3.05, 3.63) is 54.1 Å². The summed E-state index contributed by atoms with van der Waals surface area (Å²) in [5.74, 6) is 0. The minimum Gasteiger partial charge on any atom is -0.379 e. The molecule has 21 heavy (non-hydrogen) atoms. The zero-order chi connectivity index (χ0) is 14.7. The average molecular weight is 298 g/mol. The lowest BCUT2D eigenvalue weighted by Gasteiger charge is -2.13. The Morgan fingerprint density at radius 2 is 2.05 bits per heavy atom. The number of nitrogens with one attached hydrogen (secondary N) is 1. The van der Waals surface area contributed by atoms with Crippen molar-refractivity contribution in [2.75, 3.05) is 5.32 Å². The van der Waals surface area contributed by atoms with Gasteiger partial charge in [-0.05, 0) is 38.1 Å². The van der Waals surface area contributed by atoms with Crippen LogP contribution in [0.15, 0.2) is 48.4 Å². The Morgan fingerprint density at radius 3 is 2.71 bits per heavy atom. The molecule has 0 amide bonds. The highest BCUT2D eigenvalue weighted by atomic mass is 32.1. The van der Waals surface area contributed by atoms with Gasteiger partial charge in [-0.25, -0.2) is 9.97 Å². The standard InChI is InChI=1S/C16H18N4S/c1-12(2)20-11-17-9-15(20)10-19-14-5-3-13(4-6-14)16-18-7-8-21-16/h3-9,11-12,19H,10H2,1-2H3. The van der Waals surface area contributed by atoms with Gasteiger partial charge in [0, 0.05) is 35.1 Å². The second kappa shape index (κ2) is 6.10. The molecule has 0 aliphatic carbocycles. The summed E-state index contributed by atoms with van der Waals surface area (Å²) in [4.78, 5) is 8.54. The lowest BCUT2D eigenvalue weighted by atomic mass is 10.2. The van der Waals surface area contributed by atoms with Crippen molar-refractivity contribution in [2.45, 2.75) is 26.4 Å². The molecule has 2 aromatic heterocycles. The number of imidazole rings is 1. The van der Waals surface area contributed by atoms with Gasteiger partial charge < -0.3 is 9.88 Å². The summed E-state index contributed by atoms with van der Waals surface area (Å²) in [6.07, 6.45) is 5.63. The third-order valence-corrected chi connectivity index (χ3v) is 4.16. The molecule has 0 saturated carbocycles. The van der Waals surface area contributed by atoms with Crippen molar-refractivity contribution in [3.8, 4) is 10.6 Å². The van der Waals surface area contributed by atoms with Crippen LogP contribution in [0.25, 0.3) is 10.6 Å². The van der Waals surface area contributed by atoms with Crippen LogP contribution in [0.5, 0.6) is 0 Å². The summed E-state index contributed by atoms with van der Waals surface area (Å²) < 4.78 is 2.18. The number of hydrogen-bond donors (Lipinski definition) is 1. The van der Waals surface area contributed by atoms with Crippen molar-refractivity contribution >= 4 is 17.0 Å². The molecule has 1 N–H and O–H groups in total. The van der Waals surface area contributed by atoms with E-state index in [2.05, 4.69) is 58.0 Å². The van der Waals surface area contributed by atoms with E-state index < -0.39 is 0 Å². The largest absolute Gasteiger partial charge is 0.379 e. The first-order chi connectivity index (χ1) is 10.2. The molecule has 5 heteroatoms. The molecule has 0 spiro atoms. The molecule has 0 aliphatic rings. The minimum absolute atomic E-state index is 0.427. The number of benzene rings is 1. The molecule has 108 valence electrons. The van der Waals surface area contributed by atoms with Crippen molar-refractivity contribution in [1.29, 1.82) is 0 Å². The van der Waals surface area contributed by atoms with E-state index in [1.54, 1.807) is 11.3 Å².